The number of aliphatic imine (C=N–C) groups is 1. The Labute approximate surface area is 221 Å². The van der Waals surface area contributed by atoms with Crippen molar-refractivity contribution in [1.82, 2.24) is 19.5 Å². The van der Waals surface area contributed by atoms with E-state index in [0.29, 0.717) is 25.2 Å². The van der Waals surface area contributed by atoms with Crippen LogP contribution >= 0.6 is 11.3 Å². The number of aliphatic hydroxyl groups is 2. The molecule has 0 saturated carbocycles. The lowest BCUT2D eigenvalue weighted by Gasteiger charge is -2.37. The summed E-state index contributed by atoms with van der Waals surface area (Å²) < 4.78 is 26.0. The Hall–Kier alpha value is -2.38. The molecule has 200 valence electrons. The molecule has 2 aromatic rings. The summed E-state index contributed by atoms with van der Waals surface area (Å²) in [5.41, 5.74) is 3.72. The molecule has 3 N–H and O–H groups in total. The Balaban J connectivity index is 1.37. The minimum absolute atomic E-state index is 0.0913. The maximum Gasteiger partial charge on any atom is 0.241 e. The Morgan fingerprint density at radius 2 is 1.95 bits per heavy atom. The van der Waals surface area contributed by atoms with Crippen LogP contribution in [0.3, 0.4) is 0 Å². The Morgan fingerprint density at radius 3 is 2.59 bits per heavy atom. The highest BCUT2D eigenvalue weighted by Crippen LogP contribution is 2.35. The van der Waals surface area contributed by atoms with Gasteiger partial charge in [-0.05, 0) is 37.8 Å². The van der Waals surface area contributed by atoms with Gasteiger partial charge in [-0.25, -0.2) is 18.4 Å². The van der Waals surface area contributed by atoms with E-state index in [1.165, 1.54) is 9.21 Å². The predicted molar refractivity (Wildman–Crippen MR) is 142 cm³/mol. The second-order valence-electron chi connectivity index (χ2n) is 10.3. The monoisotopic (exact) mass is 547 g/mol. The van der Waals surface area contributed by atoms with Gasteiger partial charge in [0.1, 0.15) is 17.4 Å². The van der Waals surface area contributed by atoms with E-state index >= 15 is 0 Å². The van der Waals surface area contributed by atoms with Crippen molar-refractivity contribution in [3.63, 3.8) is 0 Å². The van der Waals surface area contributed by atoms with E-state index in [-0.39, 0.29) is 18.9 Å². The van der Waals surface area contributed by atoms with Gasteiger partial charge in [-0.1, -0.05) is 30.7 Å². The molecule has 0 spiro atoms. The summed E-state index contributed by atoms with van der Waals surface area (Å²) in [6, 6.07) is 6.50. The van der Waals surface area contributed by atoms with Crippen LogP contribution in [0.5, 0.6) is 0 Å². The molecule has 4 heterocycles. The fourth-order valence-electron chi connectivity index (χ4n) is 5.62. The first-order valence-corrected chi connectivity index (χ1v) is 15.2. The number of piperidine rings is 1. The second-order valence-corrected chi connectivity index (χ2v) is 13.1. The molecule has 12 heteroatoms. The quantitative estimate of drug-likeness (QED) is 0.515. The summed E-state index contributed by atoms with van der Waals surface area (Å²) in [6.45, 7) is 4.22. The number of nitrogens with zero attached hydrogens (tertiary/aromatic N) is 4. The number of aliphatic hydroxyl groups excluding tert-OH is 2. The van der Waals surface area contributed by atoms with E-state index in [2.05, 4.69) is 15.3 Å². The van der Waals surface area contributed by atoms with Gasteiger partial charge in [0.2, 0.25) is 15.9 Å². The zero-order valence-corrected chi connectivity index (χ0v) is 22.8. The number of likely N-dealkylation sites (tertiary alicyclic amines) is 1. The average molecular weight is 548 g/mol. The molecule has 2 saturated heterocycles. The van der Waals surface area contributed by atoms with E-state index < -0.39 is 40.0 Å². The van der Waals surface area contributed by atoms with E-state index in [4.69, 9.17) is 0 Å². The molecule has 37 heavy (non-hydrogen) atoms. The third-order valence-electron chi connectivity index (χ3n) is 7.70. The van der Waals surface area contributed by atoms with Gasteiger partial charge in [0, 0.05) is 19.5 Å². The number of aromatic nitrogens is 1. The fraction of sp³-hybridized carbons (Fsp3) is 0.560. The molecule has 0 radical (unpaired) electrons. The van der Waals surface area contributed by atoms with Gasteiger partial charge >= 0.3 is 0 Å². The number of carbonyl (C=O) groups excluding carboxylic acids is 1. The van der Waals surface area contributed by atoms with Gasteiger partial charge in [-0.2, -0.15) is 4.31 Å². The number of sulfonamides is 1. The maximum absolute atomic E-state index is 13.6. The van der Waals surface area contributed by atoms with Crippen LogP contribution in [0.15, 0.2) is 34.8 Å². The third-order valence-corrected chi connectivity index (χ3v) is 9.97. The van der Waals surface area contributed by atoms with Crippen molar-refractivity contribution in [3.05, 3.63) is 41.0 Å². The standard InChI is InChI=1S/C25H33N5O5S2/c1-15-21(36-14-26-15)16-7-9-17(10-8-16)25(2)24(33)27-22(28-25)20-12-18(31)13-29(20)23(32)19-6-4-5-11-30(19)37(3,34)35/h7-10,14,18-20,24,31,33H,4-6,11-13H2,1-3H3,(H,27,28)/t18-,19+,20+,24?,25+/m1/s1. The minimum atomic E-state index is -3.55. The molecule has 5 atom stereocenters. The van der Waals surface area contributed by atoms with Crippen LogP contribution in [-0.2, 0) is 20.4 Å². The summed E-state index contributed by atoms with van der Waals surface area (Å²) in [4.78, 5) is 25.0. The zero-order chi connectivity index (χ0) is 26.5. The van der Waals surface area contributed by atoms with Gasteiger partial charge in [0.05, 0.1) is 34.5 Å². The number of hydrogen-bond donors (Lipinski definition) is 3. The summed E-state index contributed by atoms with van der Waals surface area (Å²) in [6.07, 6.45) is 1.43. The van der Waals surface area contributed by atoms with Crippen LogP contribution in [0.1, 0.15) is 43.9 Å². The number of amides is 1. The number of rotatable bonds is 5. The summed E-state index contributed by atoms with van der Waals surface area (Å²) in [7, 11) is -3.55. The highest BCUT2D eigenvalue weighted by Gasteiger charge is 2.48. The van der Waals surface area contributed by atoms with Gasteiger partial charge in [0.15, 0.2) is 6.23 Å². The first-order chi connectivity index (χ1) is 17.5. The first kappa shape index (κ1) is 26.2. The van der Waals surface area contributed by atoms with E-state index in [1.807, 2.05) is 43.6 Å². The normalized spacial score (nSPS) is 30.8. The van der Waals surface area contributed by atoms with Crippen LogP contribution < -0.4 is 5.32 Å². The number of carbonyl (C=O) groups is 1. The molecule has 10 nitrogen and oxygen atoms in total. The topological polar surface area (TPSA) is 135 Å². The number of nitrogens with one attached hydrogen (secondary N) is 1. The van der Waals surface area contributed by atoms with Crippen LogP contribution in [-0.4, -0.2) is 88.3 Å². The molecular formula is C25H33N5O5S2. The number of aryl methyl sites for hydroxylation is 1. The molecule has 1 aromatic heterocycles. The largest absolute Gasteiger partial charge is 0.391 e. The molecule has 3 aliphatic heterocycles. The van der Waals surface area contributed by atoms with Crippen molar-refractivity contribution >= 4 is 33.1 Å². The number of β-amino-alcohol motifs (C(OH)–C–C–N with tert-alkyl or cyclic N) is 1. The summed E-state index contributed by atoms with van der Waals surface area (Å²) in [5.74, 6) is 0.0903. The minimum Gasteiger partial charge on any atom is -0.391 e. The Morgan fingerprint density at radius 1 is 1.22 bits per heavy atom. The van der Waals surface area contributed by atoms with Crippen LogP contribution in [0.25, 0.3) is 10.4 Å². The van der Waals surface area contributed by atoms with Crippen molar-refractivity contribution in [1.29, 1.82) is 0 Å². The third kappa shape index (κ3) is 4.81. The molecule has 0 aliphatic carbocycles. The SMILES string of the molecule is Cc1ncsc1-c1ccc([C@]2(C)NC([C@@H]3C[C@@H](O)CN3C(=O)[C@@H]3CCCCN3S(C)(=O)=O)=NC2O)cc1. The van der Waals surface area contributed by atoms with Gasteiger partial charge in [-0.3, -0.25) is 4.79 Å². The molecule has 0 bridgehead atoms. The van der Waals surface area contributed by atoms with E-state index in [1.54, 1.807) is 11.3 Å². The molecule has 2 fully saturated rings. The van der Waals surface area contributed by atoms with Gasteiger partial charge < -0.3 is 20.4 Å². The Bertz CT molecular complexity index is 1310. The van der Waals surface area contributed by atoms with Crippen LogP contribution in [0.2, 0.25) is 0 Å². The van der Waals surface area contributed by atoms with Crippen molar-refractivity contribution in [3.8, 4) is 10.4 Å². The number of hydrogen-bond acceptors (Lipinski definition) is 9. The van der Waals surface area contributed by atoms with Crippen molar-refractivity contribution in [2.75, 3.05) is 19.3 Å². The highest BCUT2D eigenvalue weighted by atomic mass is 32.2. The van der Waals surface area contributed by atoms with E-state index in [9.17, 15) is 23.4 Å². The van der Waals surface area contributed by atoms with Crippen molar-refractivity contribution in [2.24, 2.45) is 4.99 Å². The Kier molecular flexibility index (Phi) is 6.90. The lowest BCUT2D eigenvalue weighted by atomic mass is 9.90. The second kappa shape index (κ2) is 9.73. The lowest BCUT2D eigenvalue weighted by Crippen LogP contribution is -2.56. The van der Waals surface area contributed by atoms with Crippen LogP contribution in [0.4, 0.5) is 0 Å². The average Bonchev–Trinajstić information content (AvgIpc) is 3.55. The highest BCUT2D eigenvalue weighted by molar-refractivity contribution is 7.88. The molecule has 1 unspecified atom stereocenters. The first-order valence-electron chi connectivity index (χ1n) is 12.5. The van der Waals surface area contributed by atoms with Gasteiger partial charge in [-0.15, -0.1) is 11.3 Å². The van der Waals surface area contributed by atoms with Crippen LogP contribution in [0, 0.1) is 6.92 Å². The van der Waals surface area contributed by atoms with E-state index in [0.717, 1.165) is 34.4 Å². The zero-order valence-electron chi connectivity index (χ0n) is 21.2. The molecule has 1 aromatic carbocycles. The number of benzene rings is 1. The molecule has 3 aliphatic rings. The van der Waals surface area contributed by atoms with Crippen molar-refractivity contribution < 1.29 is 23.4 Å². The maximum atomic E-state index is 13.6. The summed E-state index contributed by atoms with van der Waals surface area (Å²) in [5, 5.41) is 24.8. The lowest BCUT2D eigenvalue weighted by molar-refractivity contribution is -0.136. The number of thiazole rings is 1. The molecular weight excluding hydrogens is 514 g/mol. The smallest absolute Gasteiger partial charge is 0.241 e. The van der Waals surface area contributed by atoms with Gasteiger partial charge in [0.25, 0.3) is 0 Å². The number of amidine groups is 1. The molecule has 5 rings (SSSR count). The fourth-order valence-corrected chi connectivity index (χ4v) is 7.55. The molecule has 1 amide bonds. The summed E-state index contributed by atoms with van der Waals surface area (Å²) >= 11 is 1.57. The van der Waals surface area contributed by atoms with Crippen molar-refractivity contribution in [2.45, 2.75) is 69.5 Å². The predicted octanol–water partition coefficient (Wildman–Crippen LogP) is 1.43.